The molecular weight excluding hydrogens is 388 g/mol. The van der Waals surface area contributed by atoms with Crippen molar-refractivity contribution in [1.29, 1.82) is 0 Å². The molecule has 1 atom stereocenters. The van der Waals surface area contributed by atoms with Crippen molar-refractivity contribution in [2.24, 2.45) is 9.98 Å². The Labute approximate surface area is 178 Å². The van der Waals surface area contributed by atoms with Crippen molar-refractivity contribution < 1.29 is 4.79 Å². The van der Waals surface area contributed by atoms with Crippen LogP contribution >= 0.6 is 0 Å². The summed E-state index contributed by atoms with van der Waals surface area (Å²) in [6.45, 7) is 0.572. The second-order valence-corrected chi connectivity index (χ2v) is 7.56. The number of anilines is 2. The number of imidazole rings is 1. The zero-order chi connectivity index (χ0) is 20.8. The maximum absolute atomic E-state index is 11.9. The van der Waals surface area contributed by atoms with Gasteiger partial charge in [0.1, 0.15) is 12.4 Å². The van der Waals surface area contributed by atoms with Gasteiger partial charge >= 0.3 is 0 Å². The lowest BCUT2D eigenvalue weighted by Crippen LogP contribution is -2.12. The summed E-state index contributed by atoms with van der Waals surface area (Å²) >= 11 is 0. The van der Waals surface area contributed by atoms with E-state index in [4.69, 9.17) is 0 Å². The van der Waals surface area contributed by atoms with Crippen LogP contribution in [0, 0.1) is 0 Å². The molecule has 0 aliphatic carbocycles. The van der Waals surface area contributed by atoms with Crippen LogP contribution in [-0.2, 0) is 6.54 Å². The summed E-state index contributed by atoms with van der Waals surface area (Å²) in [6, 6.07) is 18.2. The minimum atomic E-state index is -0.00749. The highest BCUT2D eigenvalue weighted by molar-refractivity contribution is 5.99. The zero-order valence-corrected chi connectivity index (χ0v) is 16.5. The van der Waals surface area contributed by atoms with Crippen molar-refractivity contribution in [3.05, 3.63) is 83.7 Å². The number of hydrogen-bond acceptors (Lipinski definition) is 5. The molecule has 4 aromatic rings. The molecule has 2 N–H and O–H groups in total. The molecule has 31 heavy (non-hydrogen) atoms. The summed E-state index contributed by atoms with van der Waals surface area (Å²) in [5, 5.41) is 6.34. The maximum atomic E-state index is 11.9. The number of fused-ring (bicyclic) bond motifs is 2. The second-order valence-electron chi connectivity index (χ2n) is 7.56. The highest BCUT2D eigenvalue weighted by Gasteiger charge is 2.19. The Kier molecular flexibility index (Phi) is 3.92. The number of amides is 1. The molecule has 7 heteroatoms. The van der Waals surface area contributed by atoms with Crippen LogP contribution in [0.1, 0.15) is 27.5 Å². The third-order valence-corrected chi connectivity index (χ3v) is 5.69. The van der Waals surface area contributed by atoms with Crippen molar-refractivity contribution >= 4 is 35.5 Å². The van der Waals surface area contributed by atoms with Gasteiger partial charge in [-0.05, 0) is 53.1 Å². The molecular formula is C24H18N6O. The Morgan fingerprint density at radius 2 is 1.97 bits per heavy atom. The lowest BCUT2D eigenvalue weighted by Gasteiger charge is -2.13. The van der Waals surface area contributed by atoms with Crippen LogP contribution in [0.5, 0.6) is 0 Å². The molecule has 2 aromatic carbocycles. The number of benzene rings is 2. The van der Waals surface area contributed by atoms with E-state index in [1.54, 1.807) is 12.5 Å². The summed E-state index contributed by atoms with van der Waals surface area (Å²) in [6.07, 6.45) is 7.17. The smallest absolute Gasteiger partial charge is 0.251 e. The molecule has 0 saturated heterocycles. The number of rotatable bonds is 4. The van der Waals surface area contributed by atoms with E-state index in [-0.39, 0.29) is 11.9 Å². The fourth-order valence-corrected chi connectivity index (χ4v) is 4.10. The van der Waals surface area contributed by atoms with E-state index in [1.165, 1.54) is 0 Å². The van der Waals surface area contributed by atoms with Gasteiger partial charge in [-0.25, -0.2) is 9.98 Å². The van der Waals surface area contributed by atoms with Gasteiger partial charge in [-0.15, -0.1) is 0 Å². The molecule has 0 bridgehead atoms. The van der Waals surface area contributed by atoms with Gasteiger partial charge in [0.05, 0.1) is 11.4 Å². The Bertz CT molecular complexity index is 1370. The Hall–Kier alpha value is -4.26. The van der Waals surface area contributed by atoms with Crippen LogP contribution in [0.15, 0.2) is 77.0 Å². The lowest BCUT2D eigenvalue weighted by molar-refractivity contribution is 0.0966. The summed E-state index contributed by atoms with van der Waals surface area (Å²) < 4.78 is 2.06. The molecule has 0 spiro atoms. The topological polar surface area (TPSA) is 83.1 Å². The van der Waals surface area contributed by atoms with Crippen molar-refractivity contribution in [2.45, 2.75) is 12.6 Å². The van der Waals surface area contributed by atoms with Gasteiger partial charge in [-0.3, -0.25) is 14.2 Å². The molecule has 150 valence electrons. The standard InChI is InChI=1S/C24H18N6O/c31-24-19-6-3-16(11-17(19)12-27-24)22-8-7-20(23-26-9-10-30(22)23)29-18-4-1-15(2-5-18)21-13-25-14-28-21/h1-11,13-14,21,29H,12H2,(H,27,31). The molecule has 0 radical (unpaired) electrons. The summed E-state index contributed by atoms with van der Waals surface area (Å²) in [4.78, 5) is 24.8. The van der Waals surface area contributed by atoms with Crippen LogP contribution in [0.3, 0.4) is 0 Å². The third-order valence-electron chi connectivity index (χ3n) is 5.69. The van der Waals surface area contributed by atoms with Gasteiger partial charge < -0.3 is 10.6 Å². The van der Waals surface area contributed by atoms with Gasteiger partial charge in [-0.1, -0.05) is 18.2 Å². The second kappa shape index (κ2) is 6.91. The summed E-state index contributed by atoms with van der Waals surface area (Å²) in [5.74, 6) is -0.00749. The average Bonchev–Trinajstić information content (AvgIpc) is 3.56. The van der Waals surface area contributed by atoms with Crippen LogP contribution in [0.25, 0.3) is 16.9 Å². The molecule has 2 aliphatic rings. The number of hydrogen-bond donors (Lipinski definition) is 2. The third kappa shape index (κ3) is 2.98. The van der Waals surface area contributed by atoms with E-state index in [0.717, 1.165) is 45.0 Å². The number of pyridine rings is 1. The van der Waals surface area contributed by atoms with E-state index in [9.17, 15) is 4.79 Å². The Morgan fingerprint density at radius 3 is 2.81 bits per heavy atom. The number of aromatic nitrogens is 2. The lowest BCUT2D eigenvalue weighted by atomic mass is 10.0. The van der Waals surface area contributed by atoms with Gasteiger partial charge in [-0.2, -0.15) is 0 Å². The van der Waals surface area contributed by atoms with E-state index in [1.807, 2.05) is 42.7 Å². The predicted octanol–water partition coefficient (Wildman–Crippen LogP) is 4.14. The minimum Gasteiger partial charge on any atom is -0.352 e. The Balaban J connectivity index is 1.32. The first-order chi connectivity index (χ1) is 15.3. The Morgan fingerprint density at radius 1 is 1.06 bits per heavy atom. The molecule has 6 rings (SSSR count). The number of nitrogens with one attached hydrogen (secondary N) is 2. The zero-order valence-electron chi connectivity index (χ0n) is 16.5. The minimum absolute atomic E-state index is 0.00477. The number of carbonyl (C=O) groups is 1. The summed E-state index contributed by atoms with van der Waals surface area (Å²) in [5.41, 5.74) is 7.68. The first kappa shape index (κ1) is 17.6. The van der Waals surface area contributed by atoms with Crippen molar-refractivity contribution in [2.75, 3.05) is 5.32 Å². The predicted molar refractivity (Wildman–Crippen MR) is 121 cm³/mol. The summed E-state index contributed by atoms with van der Waals surface area (Å²) in [7, 11) is 0. The normalized spacial score (nSPS) is 16.6. The van der Waals surface area contributed by atoms with E-state index in [2.05, 4.69) is 54.3 Å². The largest absolute Gasteiger partial charge is 0.352 e. The maximum Gasteiger partial charge on any atom is 0.251 e. The van der Waals surface area contributed by atoms with E-state index >= 15 is 0 Å². The monoisotopic (exact) mass is 406 g/mol. The van der Waals surface area contributed by atoms with E-state index < -0.39 is 0 Å². The van der Waals surface area contributed by atoms with Crippen molar-refractivity contribution in [3.63, 3.8) is 0 Å². The van der Waals surface area contributed by atoms with Crippen LogP contribution in [0.2, 0.25) is 0 Å². The van der Waals surface area contributed by atoms with Gasteiger partial charge in [0.15, 0.2) is 5.65 Å². The molecule has 7 nitrogen and oxygen atoms in total. The van der Waals surface area contributed by atoms with Crippen molar-refractivity contribution in [1.82, 2.24) is 14.7 Å². The van der Waals surface area contributed by atoms with Gasteiger partial charge in [0.25, 0.3) is 5.91 Å². The molecule has 2 aromatic heterocycles. The van der Waals surface area contributed by atoms with Gasteiger partial charge in [0.2, 0.25) is 0 Å². The first-order valence-electron chi connectivity index (χ1n) is 10.1. The molecule has 2 aliphatic heterocycles. The highest BCUT2D eigenvalue weighted by Crippen LogP contribution is 2.30. The molecule has 1 amide bonds. The fraction of sp³-hybridized carbons (Fsp3) is 0.0833. The SMILES string of the molecule is O=C1NCc2cc(-c3ccc(Nc4ccc(C5C=NC=N5)cc4)c4nccn34)ccc21. The fourth-order valence-electron chi connectivity index (χ4n) is 4.10. The average molecular weight is 406 g/mol. The molecule has 4 heterocycles. The molecule has 1 unspecified atom stereocenters. The molecule has 0 saturated carbocycles. The number of aliphatic imine (C=N–C) groups is 2. The van der Waals surface area contributed by atoms with Crippen LogP contribution in [0.4, 0.5) is 11.4 Å². The molecule has 0 fully saturated rings. The van der Waals surface area contributed by atoms with Crippen molar-refractivity contribution in [3.8, 4) is 11.3 Å². The first-order valence-corrected chi connectivity index (χ1v) is 10.1. The van der Waals surface area contributed by atoms with Crippen LogP contribution < -0.4 is 10.6 Å². The quantitative estimate of drug-likeness (QED) is 0.534. The van der Waals surface area contributed by atoms with Crippen LogP contribution in [-0.4, -0.2) is 27.8 Å². The van der Waals surface area contributed by atoms with E-state index in [0.29, 0.717) is 6.54 Å². The highest BCUT2D eigenvalue weighted by atomic mass is 16.1. The number of nitrogens with zero attached hydrogens (tertiary/aromatic N) is 4. The van der Waals surface area contributed by atoms with Gasteiger partial charge in [0, 0.05) is 36.4 Å². The number of carbonyl (C=O) groups excluding carboxylic acids is 1.